The molecule has 14 heavy (non-hydrogen) atoms. The molecule has 1 unspecified atom stereocenters. The number of hydrogen-bond acceptors (Lipinski definition) is 2. The summed E-state index contributed by atoms with van der Waals surface area (Å²) >= 11 is 0. The van der Waals surface area contributed by atoms with Crippen molar-refractivity contribution < 1.29 is 0 Å². The van der Waals surface area contributed by atoms with Gasteiger partial charge < -0.3 is 5.32 Å². The lowest BCUT2D eigenvalue weighted by Gasteiger charge is -2.22. The van der Waals surface area contributed by atoms with Crippen LogP contribution in [0.15, 0.2) is 12.3 Å². The van der Waals surface area contributed by atoms with E-state index >= 15 is 0 Å². The van der Waals surface area contributed by atoms with Gasteiger partial charge in [-0.2, -0.15) is 5.10 Å². The van der Waals surface area contributed by atoms with Crippen LogP contribution in [0.25, 0.3) is 0 Å². The summed E-state index contributed by atoms with van der Waals surface area (Å²) in [6.45, 7) is 4.27. The van der Waals surface area contributed by atoms with Gasteiger partial charge in [0.05, 0.1) is 11.7 Å². The predicted molar refractivity (Wildman–Crippen MR) is 62.6 cm³/mol. The van der Waals surface area contributed by atoms with Crippen LogP contribution in [0.4, 0.5) is 0 Å². The third kappa shape index (κ3) is 3.15. The van der Waals surface area contributed by atoms with Crippen LogP contribution >= 0.6 is 24.8 Å². The highest BCUT2D eigenvalue weighted by molar-refractivity contribution is 5.85. The Morgan fingerprint density at radius 1 is 1.50 bits per heavy atom. The number of piperidine rings is 1. The molecule has 1 fully saturated rings. The van der Waals surface area contributed by atoms with Crippen LogP contribution in [0.1, 0.15) is 24.6 Å². The molecule has 82 valence electrons. The number of rotatable bonds is 1. The van der Waals surface area contributed by atoms with Crippen LogP contribution < -0.4 is 5.32 Å². The molecule has 0 saturated carbocycles. The van der Waals surface area contributed by atoms with Crippen LogP contribution in [0.5, 0.6) is 0 Å². The van der Waals surface area contributed by atoms with Gasteiger partial charge in [-0.05, 0) is 32.4 Å². The first-order valence-corrected chi connectivity index (χ1v) is 4.59. The minimum Gasteiger partial charge on any atom is -0.315 e. The number of hydrogen-bond donors (Lipinski definition) is 1. The van der Waals surface area contributed by atoms with Crippen molar-refractivity contribution >= 4 is 24.8 Å². The third-order valence-electron chi connectivity index (χ3n) is 2.39. The van der Waals surface area contributed by atoms with Gasteiger partial charge in [-0.3, -0.25) is 4.68 Å². The number of aromatic nitrogens is 2. The molecule has 3 nitrogen and oxygen atoms in total. The second-order valence-electron chi connectivity index (χ2n) is 3.44. The average Bonchev–Trinajstić information content (AvgIpc) is 2.54. The Morgan fingerprint density at radius 3 is 2.79 bits per heavy atom. The zero-order valence-corrected chi connectivity index (χ0v) is 9.90. The van der Waals surface area contributed by atoms with E-state index in [0.29, 0.717) is 6.04 Å². The molecule has 0 aliphatic carbocycles. The summed E-state index contributed by atoms with van der Waals surface area (Å²) in [7, 11) is 0. The minimum absolute atomic E-state index is 0. The van der Waals surface area contributed by atoms with E-state index in [1.165, 1.54) is 12.8 Å². The summed E-state index contributed by atoms with van der Waals surface area (Å²) in [6.07, 6.45) is 4.60. The molecule has 0 aromatic carbocycles. The van der Waals surface area contributed by atoms with E-state index in [9.17, 15) is 0 Å². The maximum atomic E-state index is 4.41. The molecule has 1 aromatic rings. The fraction of sp³-hybridized carbons (Fsp3) is 0.667. The molecule has 0 bridgehead atoms. The Kier molecular flexibility index (Phi) is 6.16. The number of nitrogens with zero attached hydrogens (tertiary/aromatic N) is 2. The van der Waals surface area contributed by atoms with Crippen molar-refractivity contribution in [2.24, 2.45) is 0 Å². The standard InChI is InChI=1S/C9H15N3.2ClH/c1-8-4-6-12(11-8)9-3-2-5-10-7-9;;/h4,6,9-10H,2-3,5,7H2,1H3;2*1H. The van der Waals surface area contributed by atoms with E-state index in [4.69, 9.17) is 0 Å². The molecule has 1 aromatic heterocycles. The van der Waals surface area contributed by atoms with Crippen LogP contribution in [-0.2, 0) is 0 Å². The van der Waals surface area contributed by atoms with Gasteiger partial charge in [0, 0.05) is 12.7 Å². The SMILES string of the molecule is Cc1ccn(C2CCCNC2)n1.Cl.Cl. The van der Waals surface area contributed by atoms with E-state index in [1.54, 1.807) is 0 Å². The highest BCUT2D eigenvalue weighted by atomic mass is 35.5. The lowest BCUT2D eigenvalue weighted by Crippen LogP contribution is -2.31. The van der Waals surface area contributed by atoms with Crippen LogP contribution in [0.3, 0.4) is 0 Å². The van der Waals surface area contributed by atoms with E-state index < -0.39 is 0 Å². The molecule has 1 saturated heterocycles. The molecule has 0 amide bonds. The summed E-state index contributed by atoms with van der Waals surface area (Å²) in [4.78, 5) is 0. The van der Waals surface area contributed by atoms with Crippen molar-refractivity contribution in [1.29, 1.82) is 0 Å². The van der Waals surface area contributed by atoms with Gasteiger partial charge in [0.1, 0.15) is 0 Å². The Morgan fingerprint density at radius 2 is 2.29 bits per heavy atom. The normalized spacial score (nSPS) is 20.8. The van der Waals surface area contributed by atoms with Gasteiger partial charge in [0.15, 0.2) is 0 Å². The van der Waals surface area contributed by atoms with Crippen molar-refractivity contribution in [2.45, 2.75) is 25.8 Å². The minimum atomic E-state index is 0. The fourth-order valence-electron chi connectivity index (χ4n) is 1.70. The monoisotopic (exact) mass is 237 g/mol. The van der Waals surface area contributed by atoms with Gasteiger partial charge in [-0.1, -0.05) is 0 Å². The summed E-state index contributed by atoms with van der Waals surface area (Å²) in [5.74, 6) is 0. The Labute approximate surface area is 97.1 Å². The topological polar surface area (TPSA) is 29.9 Å². The maximum absolute atomic E-state index is 4.41. The second kappa shape index (κ2) is 6.27. The number of halogens is 2. The van der Waals surface area contributed by atoms with Crippen molar-refractivity contribution in [2.75, 3.05) is 13.1 Å². The summed E-state index contributed by atoms with van der Waals surface area (Å²) in [5, 5.41) is 7.79. The molecule has 1 atom stereocenters. The molecule has 2 heterocycles. The Balaban J connectivity index is 0.000000845. The first-order chi connectivity index (χ1) is 5.86. The molecular weight excluding hydrogens is 221 g/mol. The zero-order valence-electron chi connectivity index (χ0n) is 8.27. The quantitative estimate of drug-likeness (QED) is 0.810. The molecule has 1 aliphatic heterocycles. The first-order valence-electron chi connectivity index (χ1n) is 4.59. The number of nitrogens with one attached hydrogen (secondary N) is 1. The molecule has 1 N–H and O–H groups in total. The third-order valence-corrected chi connectivity index (χ3v) is 2.39. The Bertz CT molecular complexity index is 256. The van der Waals surface area contributed by atoms with Gasteiger partial charge in [-0.25, -0.2) is 0 Å². The zero-order chi connectivity index (χ0) is 8.39. The first kappa shape index (κ1) is 13.8. The molecular formula is C9H17Cl2N3. The molecule has 2 rings (SSSR count). The second-order valence-corrected chi connectivity index (χ2v) is 3.44. The van der Waals surface area contributed by atoms with Crippen LogP contribution in [0, 0.1) is 6.92 Å². The summed E-state index contributed by atoms with van der Waals surface area (Å²) < 4.78 is 2.08. The van der Waals surface area contributed by atoms with Gasteiger partial charge in [0.2, 0.25) is 0 Å². The average molecular weight is 238 g/mol. The van der Waals surface area contributed by atoms with Crippen molar-refractivity contribution in [1.82, 2.24) is 15.1 Å². The van der Waals surface area contributed by atoms with Gasteiger partial charge >= 0.3 is 0 Å². The van der Waals surface area contributed by atoms with Crippen LogP contribution in [-0.4, -0.2) is 22.9 Å². The van der Waals surface area contributed by atoms with Crippen molar-refractivity contribution in [3.05, 3.63) is 18.0 Å². The summed E-state index contributed by atoms with van der Waals surface area (Å²) in [6, 6.07) is 2.64. The van der Waals surface area contributed by atoms with Crippen molar-refractivity contribution in [3.8, 4) is 0 Å². The van der Waals surface area contributed by atoms with Gasteiger partial charge in [-0.15, -0.1) is 24.8 Å². The van der Waals surface area contributed by atoms with E-state index in [-0.39, 0.29) is 24.8 Å². The molecule has 5 heteroatoms. The number of aryl methyl sites for hydroxylation is 1. The van der Waals surface area contributed by atoms with Crippen molar-refractivity contribution in [3.63, 3.8) is 0 Å². The largest absolute Gasteiger partial charge is 0.315 e. The smallest absolute Gasteiger partial charge is 0.0644 e. The van der Waals surface area contributed by atoms with E-state index in [0.717, 1.165) is 18.8 Å². The molecule has 0 spiro atoms. The lowest BCUT2D eigenvalue weighted by molar-refractivity contribution is 0.346. The van der Waals surface area contributed by atoms with E-state index in [1.807, 2.05) is 6.92 Å². The molecule has 1 aliphatic rings. The van der Waals surface area contributed by atoms with E-state index in [2.05, 4.69) is 27.4 Å². The van der Waals surface area contributed by atoms with Crippen LogP contribution in [0.2, 0.25) is 0 Å². The highest BCUT2D eigenvalue weighted by Gasteiger charge is 2.14. The predicted octanol–water partition coefficient (Wildman–Crippen LogP) is 1.96. The molecule has 0 radical (unpaired) electrons. The maximum Gasteiger partial charge on any atom is 0.0644 e. The highest BCUT2D eigenvalue weighted by Crippen LogP contribution is 2.15. The fourth-order valence-corrected chi connectivity index (χ4v) is 1.70. The Hall–Kier alpha value is -0.250. The summed E-state index contributed by atoms with van der Waals surface area (Å²) in [5.41, 5.74) is 1.11. The van der Waals surface area contributed by atoms with Gasteiger partial charge in [0.25, 0.3) is 0 Å². The lowest BCUT2D eigenvalue weighted by atomic mass is 10.1.